The summed E-state index contributed by atoms with van der Waals surface area (Å²) in [6.45, 7) is 0.224. The summed E-state index contributed by atoms with van der Waals surface area (Å²) in [5.41, 5.74) is 0.756. The number of alkyl halides is 1. The molecule has 5 nitrogen and oxygen atoms in total. The maximum atomic E-state index is 12.7. The van der Waals surface area contributed by atoms with Crippen LogP contribution in [0.3, 0.4) is 0 Å². The van der Waals surface area contributed by atoms with Gasteiger partial charge in [0, 0.05) is 18.1 Å². The van der Waals surface area contributed by atoms with Crippen molar-refractivity contribution in [1.29, 1.82) is 0 Å². The monoisotopic (exact) mass is 294 g/mol. The number of fused-ring (bicyclic) bond motifs is 2. The molecule has 104 valence electrons. The van der Waals surface area contributed by atoms with Crippen molar-refractivity contribution in [2.24, 2.45) is 5.92 Å². The van der Waals surface area contributed by atoms with Gasteiger partial charge in [0.2, 0.25) is 12.7 Å². The number of halogens is 1. The molecule has 20 heavy (non-hydrogen) atoms. The van der Waals surface area contributed by atoms with Crippen molar-refractivity contribution in [3.05, 3.63) is 12.1 Å². The Balaban J connectivity index is 1.57. The highest BCUT2D eigenvalue weighted by molar-refractivity contribution is 7.22. The summed E-state index contributed by atoms with van der Waals surface area (Å²) in [5, 5.41) is 3.27. The van der Waals surface area contributed by atoms with E-state index in [1.54, 1.807) is 6.07 Å². The Morgan fingerprint density at radius 2 is 2.10 bits per heavy atom. The normalized spacial score (nSPS) is 23.6. The Labute approximate surface area is 117 Å². The van der Waals surface area contributed by atoms with Gasteiger partial charge in [-0.3, -0.25) is 4.79 Å². The Morgan fingerprint density at radius 3 is 2.85 bits per heavy atom. The molecule has 0 saturated heterocycles. The number of thiazole rings is 1. The zero-order chi connectivity index (χ0) is 13.7. The number of carbonyl (C=O) groups excluding carboxylic acids is 1. The third kappa shape index (κ3) is 1.89. The van der Waals surface area contributed by atoms with Crippen molar-refractivity contribution < 1.29 is 18.7 Å². The maximum absolute atomic E-state index is 12.7. The number of hydrogen-bond acceptors (Lipinski definition) is 5. The van der Waals surface area contributed by atoms with E-state index < -0.39 is 6.17 Å². The van der Waals surface area contributed by atoms with E-state index in [0.717, 1.165) is 10.2 Å². The van der Waals surface area contributed by atoms with Crippen LogP contribution in [-0.2, 0) is 4.79 Å². The Morgan fingerprint density at radius 1 is 1.35 bits per heavy atom. The maximum Gasteiger partial charge on any atom is 0.231 e. The second-order valence-corrected chi connectivity index (χ2v) is 5.98. The highest BCUT2D eigenvalue weighted by Gasteiger charge is 2.34. The molecule has 0 atom stereocenters. The van der Waals surface area contributed by atoms with Gasteiger partial charge in [-0.05, 0) is 12.8 Å². The van der Waals surface area contributed by atoms with Gasteiger partial charge in [0.05, 0.1) is 10.2 Å². The second kappa shape index (κ2) is 4.31. The predicted octanol–water partition coefficient (Wildman–Crippen LogP) is 2.71. The Hall–Kier alpha value is -1.89. The van der Waals surface area contributed by atoms with Crippen LogP contribution < -0.4 is 14.8 Å². The van der Waals surface area contributed by atoms with Gasteiger partial charge >= 0.3 is 0 Å². The molecule has 1 N–H and O–H groups in total. The fraction of sp³-hybridized carbons (Fsp3) is 0.385. The minimum atomic E-state index is -0.835. The van der Waals surface area contributed by atoms with Crippen molar-refractivity contribution >= 4 is 32.6 Å². The molecule has 1 aromatic heterocycles. The van der Waals surface area contributed by atoms with Gasteiger partial charge in [-0.1, -0.05) is 11.3 Å². The van der Waals surface area contributed by atoms with Crippen LogP contribution in [0.5, 0.6) is 11.5 Å². The number of carbonyl (C=O) groups is 1. The molecule has 2 heterocycles. The molecule has 2 aliphatic rings. The lowest BCUT2D eigenvalue weighted by atomic mass is 9.83. The van der Waals surface area contributed by atoms with Gasteiger partial charge in [-0.15, -0.1) is 0 Å². The van der Waals surface area contributed by atoms with Crippen LogP contribution in [0.2, 0.25) is 0 Å². The van der Waals surface area contributed by atoms with E-state index in [2.05, 4.69) is 10.3 Å². The molecule has 1 fully saturated rings. The lowest BCUT2D eigenvalue weighted by molar-refractivity contribution is -0.124. The Bertz CT molecular complexity index is 655. The van der Waals surface area contributed by atoms with Gasteiger partial charge in [-0.25, -0.2) is 9.37 Å². The molecule has 0 radical (unpaired) electrons. The topological polar surface area (TPSA) is 60.5 Å². The number of nitrogens with zero attached hydrogens (tertiary/aromatic N) is 1. The molecular formula is C13H11FN2O3S. The fourth-order valence-corrected chi connectivity index (χ4v) is 3.22. The first-order chi connectivity index (χ1) is 9.69. The zero-order valence-corrected chi connectivity index (χ0v) is 11.2. The highest BCUT2D eigenvalue weighted by Crippen LogP contribution is 2.39. The molecule has 1 aliphatic heterocycles. The number of amides is 1. The minimum Gasteiger partial charge on any atom is -0.454 e. The third-order valence-corrected chi connectivity index (χ3v) is 4.50. The van der Waals surface area contributed by atoms with Gasteiger partial charge < -0.3 is 14.8 Å². The predicted molar refractivity (Wildman–Crippen MR) is 72.0 cm³/mol. The van der Waals surface area contributed by atoms with Crippen LogP contribution in [0.4, 0.5) is 9.52 Å². The summed E-state index contributed by atoms with van der Waals surface area (Å²) < 4.78 is 24.3. The first-order valence-electron chi connectivity index (χ1n) is 6.34. The number of rotatable bonds is 2. The molecular weight excluding hydrogens is 283 g/mol. The average molecular weight is 294 g/mol. The van der Waals surface area contributed by atoms with Gasteiger partial charge in [0.25, 0.3) is 0 Å². The first kappa shape index (κ1) is 11.9. The summed E-state index contributed by atoms with van der Waals surface area (Å²) >= 11 is 1.37. The molecule has 1 aliphatic carbocycles. The van der Waals surface area contributed by atoms with E-state index >= 15 is 0 Å². The van der Waals surface area contributed by atoms with Crippen LogP contribution in [0, 0.1) is 5.92 Å². The highest BCUT2D eigenvalue weighted by atomic mass is 32.1. The smallest absolute Gasteiger partial charge is 0.231 e. The number of ether oxygens (including phenoxy) is 2. The van der Waals surface area contributed by atoms with Crippen LogP contribution >= 0.6 is 11.3 Å². The lowest BCUT2D eigenvalue weighted by Crippen LogP contribution is -2.35. The van der Waals surface area contributed by atoms with E-state index in [9.17, 15) is 9.18 Å². The third-order valence-electron chi connectivity index (χ3n) is 3.56. The van der Waals surface area contributed by atoms with Gasteiger partial charge in [-0.2, -0.15) is 0 Å². The molecule has 4 rings (SSSR count). The quantitative estimate of drug-likeness (QED) is 0.925. The number of benzene rings is 1. The summed E-state index contributed by atoms with van der Waals surface area (Å²) in [4.78, 5) is 16.2. The summed E-state index contributed by atoms with van der Waals surface area (Å²) in [6.07, 6.45) is -0.210. The van der Waals surface area contributed by atoms with E-state index in [-0.39, 0.29) is 18.6 Å². The van der Waals surface area contributed by atoms with Crippen LogP contribution in [-0.4, -0.2) is 23.9 Å². The Kier molecular flexibility index (Phi) is 2.56. The molecule has 0 spiro atoms. The SMILES string of the molecule is O=C(Nc1nc2cc3c(cc2s1)OCO3)C1CC(F)C1. The van der Waals surface area contributed by atoms with E-state index in [4.69, 9.17) is 9.47 Å². The molecule has 1 saturated carbocycles. The molecule has 7 heteroatoms. The lowest BCUT2D eigenvalue weighted by Gasteiger charge is -2.27. The van der Waals surface area contributed by atoms with E-state index in [0.29, 0.717) is 29.5 Å². The van der Waals surface area contributed by atoms with Crippen molar-refractivity contribution in [3.63, 3.8) is 0 Å². The fourth-order valence-electron chi connectivity index (χ4n) is 2.34. The summed E-state index contributed by atoms with van der Waals surface area (Å²) in [6, 6.07) is 3.65. The largest absolute Gasteiger partial charge is 0.454 e. The van der Waals surface area contributed by atoms with Crippen LogP contribution in [0.25, 0.3) is 10.2 Å². The number of hydrogen-bond donors (Lipinski definition) is 1. The van der Waals surface area contributed by atoms with Crippen molar-refractivity contribution in [2.75, 3.05) is 12.1 Å². The van der Waals surface area contributed by atoms with Crippen LogP contribution in [0.15, 0.2) is 12.1 Å². The molecule has 2 aromatic rings. The molecule has 0 unspecified atom stereocenters. The summed E-state index contributed by atoms with van der Waals surface area (Å²) in [5.74, 6) is 0.977. The van der Waals surface area contributed by atoms with E-state index in [1.807, 2.05) is 6.07 Å². The van der Waals surface area contributed by atoms with Gasteiger partial charge in [0.15, 0.2) is 16.6 Å². The van der Waals surface area contributed by atoms with Crippen molar-refractivity contribution in [1.82, 2.24) is 4.98 Å². The van der Waals surface area contributed by atoms with Gasteiger partial charge in [0.1, 0.15) is 6.17 Å². The molecule has 0 bridgehead atoms. The number of nitrogens with one attached hydrogen (secondary N) is 1. The zero-order valence-electron chi connectivity index (χ0n) is 10.4. The minimum absolute atomic E-state index is 0.155. The van der Waals surface area contributed by atoms with E-state index in [1.165, 1.54) is 11.3 Å². The van der Waals surface area contributed by atoms with Crippen LogP contribution in [0.1, 0.15) is 12.8 Å². The van der Waals surface area contributed by atoms with Crippen molar-refractivity contribution in [3.8, 4) is 11.5 Å². The van der Waals surface area contributed by atoms with Crippen molar-refractivity contribution in [2.45, 2.75) is 19.0 Å². The average Bonchev–Trinajstić information content (AvgIpc) is 2.96. The number of anilines is 1. The first-order valence-corrected chi connectivity index (χ1v) is 7.16. The number of aromatic nitrogens is 1. The summed E-state index contributed by atoms with van der Waals surface area (Å²) in [7, 11) is 0. The standard InChI is InChI=1S/C13H11FN2O3S/c14-7-1-6(2-7)12(17)16-13-15-8-3-9-10(19-5-18-9)4-11(8)20-13/h3-4,6-7H,1-2,5H2,(H,15,16,17). The second-order valence-electron chi connectivity index (χ2n) is 4.95. The molecule has 1 amide bonds. The molecule has 1 aromatic carbocycles.